The maximum Gasteiger partial charge on any atom is 0.351 e. The van der Waals surface area contributed by atoms with Gasteiger partial charge >= 0.3 is 5.97 Å². The SMILES string of the molecule is COC(=O)c1sc(-n2cnc3cc(-c4cnn(C)c4)ccc32)cc1OC(C)c1cccc(OC2CCNCC2)c1Cl. The summed E-state index contributed by atoms with van der Waals surface area (Å²) in [6.45, 7) is 3.76. The Morgan fingerprint density at radius 2 is 1.98 bits per heavy atom. The molecule has 1 aliphatic rings. The van der Waals surface area contributed by atoms with Crippen molar-refractivity contribution in [3.8, 4) is 27.6 Å². The van der Waals surface area contributed by atoms with E-state index >= 15 is 0 Å². The van der Waals surface area contributed by atoms with E-state index in [4.69, 9.17) is 25.8 Å². The number of carbonyl (C=O) groups excluding carboxylic acids is 1. The molecule has 212 valence electrons. The van der Waals surface area contributed by atoms with Gasteiger partial charge in [0, 0.05) is 30.4 Å². The van der Waals surface area contributed by atoms with Crippen LogP contribution >= 0.6 is 22.9 Å². The molecule has 41 heavy (non-hydrogen) atoms. The standard InChI is InChI=1S/C30H30ClN5O4S/c1-18(22-5-4-6-25(28(22)31)40-21-9-11-32-12-10-21)39-26-14-27(41-29(26)30(37)38-3)36-17-33-23-13-19(7-8-24(23)36)20-15-34-35(2)16-20/h4-8,13-18,21,32H,9-12H2,1-3H3. The van der Waals surface area contributed by atoms with Gasteiger partial charge in [-0.2, -0.15) is 5.10 Å². The summed E-state index contributed by atoms with van der Waals surface area (Å²) in [6, 6.07) is 13.6. The number of hydrogen-bond donors (Lipinski definition) is 1. The normalized spacial score (nSPS) is 14.7. The molecule has 1 saturated heterocycles. The number of esters is 1. The van der Waals surface area contributed by atoms with Crippen molar-refractivity contribution in [1.82, 2.24) is 24.6 Å². The molecule has 3 aromatic heterocycles. The van der Waals surface area contributed by atoms with Crippen molar-refractivity contribution >= 4 is 39.9 Å². The number of fused-ring (bicyclic) bond motifs is 1. The minimum absolute atomic E-state index is 0.121. The van der Waals surface area contributed by atoms with Crippen LogP contribution in [0.4, 0.5) is 0 Å². The minimum Gasteiger partial charge on any atom is -0.489 e. The predicted molar refractivity (Wildman–Crippen MR) is 160 cm³/mol. The van der Waals surface area contributed by atoms with Crippen LogP contribution in [0.25, 0.3) is 27.2 Å². The first-order chi connectivity index (χ1) is 19.9. The molecule has 0 saturated carbocycles. The van der Waals surface area contributed by atoms with Crippen LogP contribution in [0.5, 0.6) is 11.5 Å². The van der Waals surface area contributed by atoms with Gasteiger partial charge in [-0.3, -0.25) is 9.25 Å². The van der Waals surface area contributed by atoms with E-state index in [1.54, 1.807) is 11.0 Å². The summed E-state index contributed by atoms with van der Waals surface area (Å²) in [5, 5.41) is 8.90. The highest BCUT2D eigenvalue weighted by molar-refractivity contribution is 7.16. The number of nitrogens with one attached hydrogen (secondary N) is 1. The van der Waals surface area contributed by atoms with Gasteiger partial charge in [0.15, 0.2) is 4.88 Å². The second kappa shape index (κ2) is 11.6. The molecule has 1 atom stereocenters. The van der Waals surface area contributed by atoms with Crippen LogP contribution in [0.2, 0.25) is 5.02 Å². The fourth-order valence-electron chi connectivity index (χ4n) is 5.02. The molecular formula is C30H30ClN5O4S. The molecule has 0 aliphatic carbocycles. The van der Waals surface area contributed by atoms with E-state index in [1.807, 2.05) is 73.4 Å². The van der Waals surface area contributed by atoms with Crippen LogP contribution < -0.4 is 14.8 Å². The number of halogens is 1. The number of piperidine rings is 1. The highest BCUT2D eigenvalue weighted by Crippen LogP contribution is 2.40. The van der Waals surface area contributed by atoms with Crippen molar-refractivity contribution in [2.75, 3.05) is 20.2 Å². The fourth-order valence-corrected chi connectivity index (χ4v) is 6.34. The Hall–Kier alpha value is -3.86. The largest absolute Gasteiger partial charge is 0.489 e. The lowest BCUT2D eigenvalue weighted by Gasteiger charge is -2.25. The number of methoxy groups -OCH3 is 1. The lowest BCUT2D eigenvalue weighted by molar-refractivity contribution is 0.0600. The average molecular weight is 592 g/mol. The Morgan fingerprint density at radius 3 is 2.73 bits per heavy atom. The molecule has 0 spiro atoms. The van der Waals surface area contributed by atoms with E-state index in [2.05, 4.69) is 15.4 Å². The molecule has 0 bridgehead atoms. The summed E-state index contributed by atoms with van der Waals surface area (Å²) in [5.41, 5.74) is 4.55. The highest BCUT2D eigenvalue weighted by atomic mass is 35.5. The van der Waals surface area contributed by atoms with Gasteiger partial charge in [-0.15, -0.1) is 11.3 Å². The van der Waals surface area contributed by atoms with Gasteiger partial charge in [-0.05, 0) is 56.6 Å². The number of nitrogens with zero attached hydrogens (tertiary/aromatic N) is 4. The summed E-state index contributed by atoms with van der Waals surface area (Å²) in [6.07, 6.45) is 7.07. The number of benzene rings is 2. The predicted octanol–water partition coefficient (Wildman–Crippen LogP) is 6.20. The molecule has 1 aliphatic heterocycles. The van der Waals surface area contributed by atoms with Crippen LogP contribution in [0.15, 0.2) is 61.2 Å². The van der Waals surface area contributed by atoms with E-state index in [9.17, 15) is 4.79 Å². The van der Waals surface area contributed by atoms with Crippen LogP contribution in [0.3, 0.4) is 0 Å². The molecule has 5 aromatic rings. The van der Waals surface area contributed by atoms with Gasteiger partial charge in [0.1, 0.15) is 35.0 Å². The Morgan fingerprint density at radius 1 is 1.15 bits per heavy atom. The smallest absolute Gasteiger partial charge is 0.351 e. The maximum atomic E-state index is 12.8. The van der Waals surface area contributed by atoms with Crippen molar-refractivity contribution in [3.05, 3.63) is 76.6 Å². The topological polar surface area (TPSA) is 92.4 Å². The molecule has 11 heteroatoms. The first-order valence-electron chi connectivity index (χ1n) is 13.4. The molecule has 9 nitrogen and oxygen atoms in total. The second-order valence-corrected chi connectivity index (χ2v) is 11.4. The van der Waals surface area contributed by atoms with Crippen LogP contribution in [0, 0.1) is 0 Å². The maximum absolute atomic E-state index is 12.8. The summed E-state index contributed by atoms with van der Waals surface area (Å²) >= 11 is 8.08. The first kappa shape index (κ1) is 27.3. The van der Waals surface area contributed by atoms with Crippen LogP contribution in [0.1, 0.15) is 41.1 Å². The number of hydrogen-bond acceptors (Lipinski definition) is 8. The number of aromatic nitrogens is 4. The molecule has 6 rings (SSSR count). The molecule has 4 heterocycles. The summed E-state index contributed by atoms with van der Waals surface area (Å²) in [5.74, 6) is 0.584. The molecule has 0 amide bonds. The average Bonchev–Trinajstić information content (AvgIpc) is 3.72. The molecule has 1 fully saturated rings. The zero-order chi connectivity index (χ0) is 28.5. The number of aryl methyl sites for hydroxylation is 1. The van der Waals surface area contributed by atoms with Gasteiger partial charge in [-0.1, -0.05) is 29.8 Å². The Kier molecular flexibility index (Phi) is 7.70. The number of carbonyl (C=O) groups is 1. The van der Waals surface area contributed by atoms with E-state index in [0.29, 0.717) is 21.4 Å². The van der Waals surface area contributed by atoms with E-state index < -0.39 is 12.1 Å². The zero-order valence-corrected chi connectivity index (χ0v) is 24.5. The summed E-state index contributed by atoms with van der Waals surface area (Å²) in [7, 11) is 3.25. The third-order valence-corrected chi connectivity index (χ3v) is 8.69. The lowest BCUT2D eigenvalue weighted by Crippen LogP contribution is -2.34. The first-order valence-corrected chi connectivity index (χ1v) is 14.6. The number of ether oxygens (including phenoxy) is 3. The zero-order valence-electron chi connectivity index (χ0n) is 23.0. The van der Waals surface area contributed by atoms with E-state index in [-0.39, 0.29) is 6.10 Å². The number of rotatable bonds is 8. The van der Waals surface area contributed by atoms with Crippen LogP contribution in [-0.2, 0) is 11.8 Å². The second-order valence-electron chi connectivity index (χ2n) is 9.98. The quantitative estimate of drug-likeness (QED) is 0.215. The third kappa shape index (κ3) is 5.55. The van der Waals surface area contributed by atoms with Gasteiger partial charge in [0.25, 0.3) is 0 Å². The van der Waals surface area contributed by atoms with E-state index in [1.165, 1.54) is 18.4 Å². The third-order valence-electron chi connectivity index (χ3n) is 7.19. The van der Waals surface area contributed by atoms with Crippen molar-refractivity contribution < 1.29 is 19.0 Å². The number of imidazole rings is 1. The molecule has 1 unspecified atom stereocenters. The monoisotopic (exact) mass is 591 g/mol. The van der Waals surface area contributed by atoms with Crippen molar-refractivity contribution in [3.63, 3.8) is 0 Å². The Balaban J connectivity index is 1.29. The minimum atomic E-state index is -0.471. The van der Waals surface area contributed by atoms with Crippen molar-refractivity contribution in [2.45, 2.75) is 32.0 Å². The van der Waals surface area contributed by atoms with Gasteiger partial charge in [0.2, 0.25) is 0 Å². The molecule has 2 aromatic carbocycles. The Bertz CT molecular complexity index is 1700. The van der Waals surface area contributed by atoms with Gasteiger partial charge in [0.05, 0.1) is 29.4 Å². The highest BCUT2D eigenvalue weighted by Gasteiger charge is 2.24. The Labute approximate surface area is 246 Å². The molecule has 0 radical (unpaired) electrons. The lowest BCUT2D eigenvalue weighted by atomic mass is 10.1. The summed E-state index contributed by atoms with van der Waals surface area (Å²) < 4.78 is 21.4. The van der Waals surface area contributed by atoms with E-state index in [0.717, 1.165) is 58.7 Å². The van der Waals surface area contributed by atoms with Crippen molar-refractivity contribution in [1.29, 1.82) is 0 Å². The summed E-state index contributed by atoms with van der Waals surface area (Å²) in [4.78, 5) is 17.8. The molecule has 1 N–H and O–H groups in total. The van der Waals surface area contributed by atoms with Crippen LogP contribution in [-0.4, -0.2) is 51.6 Å². The van der Waals surface area contributed by atoms with Crippen molar-refractivity contribution in [2.24, 2.45) is 7.05 Å². The van der Waals surface area contributed by atoms with Gasteiger partial charge < -0.3 is 19.5 Å². The fraction of sp³-hybridized carbons (Fsp3) is 0.300. The van der Waals surface area contributed by atoms with Gasteiger partial charge in [-0.25, -0.2) is 9.78 Å². The number of thiophene rings is 1. The molecular weight excluding hydrogens is 562 g/mol.